The van der Waals surface area contributed by atoms with Gasteiger partial charge in [0, 0.05) is 0 Å². The van der Waals surface area contributed by atoms with Crippen molar-refractivity contribution >= 4 is 23.5 Å². The van der Waals surface area contributed by atoms with Gasteiger partial charge in [-0.25, -0.2) is 9.29 Å². The quantitative estimate of drug-likeness (QED) is 0.612. The molecular formula is C18H21FN2O4. The fourth-order valence-corrected chi connectivity index (χ4v) is 3.47. The van der Waals surface area contributed by atoms with Crippen LogP contribution in [0.1, 0.15) is 26.2 Å². The van der Waals surface area contributed by atoms with Crippen molar-refractivity contribution in [2.45, 2.75) is 32.2 Å². The topological polar surface area (TPSA) is 66.9 Å². The molecule has 0 N–H and O–H groups in total. The van der Waals surface area contributed by atoms with Crippen LogP contribution in [-0.4, -0.2) is 48.4 Å². The molecule has 0 spiro atoms. The van der Waals surface area contributed by atoms with Crippen LogP contribution in [-0.2, 0) is 19.1 Å². The number of benzene rings is 1. The molecule has 2 heterocycles. The number of rotatable bonds is 4. The van der Waals surface area contributed by atoms with Crippen molar-refractivity contribution < 1.29 is 23.5 Å². The second-order valence-corrected chi connectivity index (χ2v) is 6.33. The van der Waals surface area contributed by atoms with Gasteiger partial charge >= 0.3 is 5.97 Å². The molecular weight excluding hydrogens is 327 g/mol. The van der Waals surface area contributed by atoms with Crippen LogP contribution in [0.4, 0.5) is 10.1 Å². The fourth-order valence-electron chi connectivity index (χ4n) is 3.47. The number of carbonyl (C=O) groups excluding carboxylic acids is 3. The highest BCUT2D eigenvalue weighted by Gasteiger charge is 2.44. The summed E-state index contributed by atoms with van der Waals surface area (Å²) < 4.78 is 18.1. The number of hydrogen-bond donors (Lipinski definition) is 0. The zero-order valence-electron chi connectivity index (χ0n) is 14.1. The van der Waals surface area contributed by atoms with E-state index in [0.717, 1.165) is 4.90 Å². The molecule has 2 aliphatic rings. The number of likely N-dealkylation sites (tertiary alicyclic amines) is 1. The van der Waals surface area contributed by atoms with E-state index in [2.05, 4.69) is 0 Å². The zero-order valence-corrected chi connectivity index (χ0v) is 14.1. The Bertz CT molecular complexity index is 668. The second-order valence-electron chi connectivity index (χ2n) is 6.33. The van der Waals surface area contributed by atoms with E-state index in [1.165, 1.54) is 24.3 Å². The maximum atomic E-state index is 13.1. The average molecular weight is 348 g/mol. The summed E-state index contributed by atoms with van der Waals surface area (Å²) in [5, 5.41) is 0. The van der Waals surface area contributed by atoms with Crippen LogP contribution in [0.2, 0.25) is 0 Å². The first-order chi connectivity index (χ1) is 12.0. The summed E-state index contributed by atoms with van der Waals surface area (Å²) in [6.45, 7) is 3.29. The van der Waals surface area contributed by atoms with Crippen LogP contribution in [0.25, 0.3) is 0 Å². The Morgan fingerprint density at radius 3 is 2.44 bits per heavy atom. The van der Waals surface area contributed by atoms with E-state index in [1.54, 1.807) is 6.92 Å². The van der Waals surface area contributed by atoms with Crippen LogP contribution in [0, 0.1) is 11.7 Å². The van der Waals surface area contributed by atoms with Crippen molar-refractivity contribution in [2.75, 3.05) is 24.6 Å². The lowest BCUT2D eigenvalue weighted by atomic mass is 9.95. The van der Waals surface area contributed by atoms with Gasteiger partial charge in [-0.15, -0.1) is 0 Å². The molecule has 25 heavy (non-hydrogen) atoms. The van der Waals surface area contributed by atoms with Crippen molar-refractivity contribution in [2.24, 2.45) is 5.92 Å². The number of piperidine rings is 1. The molecule has 6 nitrogen and oxygen atoms in total. The minimum absolute atomic E-state index is 0.111. The normalized spacial score (nSPS) is 22.5. The molecule has 0 aromatic heterocycles. The standard InChI is InChI=1S/C18H21FN2O4/c1-2-25-18(24)12-7-9-20(10-8-12)15-11-16(22)21(17(15)23)14-5-3-13(19)4-6-14/h3-6,12,15H,2,7-11H2,1H3/t15-/m1/s1. The number of ether oxygens (including phenoxy) is 1. The van der Waals surface area contributed by atoms with E-state index >= 15 is 0 Å². The van der Waals surface area contributed by atoms with Crippen molar-refractivity contribution in [3.8, 4) is 0 Å². The molecule has 1 atom stereocenters. The van der Waals surface area contributed by atoms with E-state index in [9.17, 15) is 18.8 Å². The van der Waals surface area contributed by atoms with E-state index in [-0.39, 0.29) is 30.1 Å². The number of hydrogen-bond acceptors (Lipinski definition) is 5. The first-order valence-corrected chi connectivity index (χ1v) is 8.54. The minimum Gasteiger partial charge on any atom is -0.466 e. The van der Waals surface area contributed by atoms with Crippen LogP contribution in [0.15, 0.2) is 24.3 Å². The van der Waals surface area contributed by atoms with Crippen LogP contribution in [0.5, 0.6) is 0 Å². The molecule has 7 heteroatoms. The number of imide groups is 1. The van der Waals surface area contributed by atoms with E-state index in [0.29, 0.717) is 38.2 Å². The van der Waals surface area contributed by atoms with Crippen LogP contribution < -0.4 is 4.90 Å². The predicted octanol–water partition coefficient (Wildman–Crippen LogP) is 1.73. The minimum atomic E-state index is -0.513. The van der Waals surface area contributed by atoms with E-state index < -0.39 is 11.9 Å². The van der Waals surface area contributed by atoms with Crippen molar-refractivity contribution in [3.05, 3.63) is 30.1 Å². The Morgan fingerprint density at radius 2 is 1.84 bits per heavy atom. The highest BCUT2D eigenvalue weighted by Crippen LogP contribution is 2.29. The highest BCUT2D eigenvalue weighted by atomic mass is 19.1. The Balaban J connectivity index is 1.65. The van der Waals surface area contributed by atoms with Gasteiger partial charge in [0.25, 0.3) is 5.91 Å². The van der Waals surface area contributed by atoms with Gasteiger partial charge in [0.1, 0.15) is 5.82 Å². The van der Waals surface area contributed by atoms with Crippen molar-refractivity contribution in [1.82, 2.24) is 4.90 Å². The third-order valence-corrected chi connectivity index (χ3v) is 4.80. The molecule has 2 amide bonds. The summed E-state index contributed by atoms with van der Waals surface area (Å²) in [6, 6.07) is 4.81. The van der Waals surface area contributed by atoms with Gasteiger partial charge < -0.3 is 4.74 Å². The SMILES string of the molecule is CCOC(=O)C1CCN([C@@H]2CC(=O)N(c3ccc(F)cc3)C2=O)CC1. The molecule has 0 bridgehead atoms. The van der Waals surface area contributed by atoms with E-state index in [1.807, 2.05) is 4.90 Å². The van der Waals surface area contributed by atoms with Crippen molar-refractivity contribution in [3.63, 3.8) is 0 Å². The van der Waals surface area contributed by atoms with Gasteiger partial charge in [0.05, 0.1) is 30.7 Å². The molecule has 1 aromatic rings. The lowest BCUT2D eigenvalue weighted by Crippen LogP contribution is -2.47. The smallest absolute Gasteiger partial charge is 0.309 e. The maximum Gasteiger partial charge on any atom is 0.309 e. The Labute approximate surface area is 145 Å². The lowest BCUT2D eigenvalue weighted by Gasteiger charge is -2.33. The van der Waals surface area contributed by atoms with Gasteiger partial charge in [-0.3, -0.25) is 19.3 Å². The van der Waals surface area contributed by atoms with Gasteiger partial charge in [0.15, 0.2) is 0 Å². The number of esters is 1. The van der Waals surface area contributed by atoms with Crippen LogP contribution in [0.3, 0.4) is 0 Å². The molecule has 2 fully saturated rings. The number of halogens is 1. The fraction of sp³-hybridized carbons (Fsp3) is 0.500. The van der Waals surface area contributed by atoms with Gasteiger partial charge in [-0.1, -0.05) is 0 Å². The third kappa shape index (κ3) is 3.56. The molecule has 3 rings (SSSR count). The number of carbonyl (C=O) groups is 3. The number of amides is 2. The Kier molecular flexibility index (Phi) is 5.13. The molecule has 2 saturated heterocycles. The largest absolute Gasteiger partial charge is 0.466 e. The van der Waals surface area contributed by atoms with Gasteiger partial charge in [0.2, 0.25) is 5.91 Å². The number of anilines is 1. The molecule has 1 aromatic carbocycles. The first-order valence-electron chi connectivity index (χ1n) is 8.54. The zero-order chi connectivity index (χ0) is 18.0. The van der Waals surface area contributed by atoms with E-state index in [4.69, 9.17) is 4.74 Å². The van der Waals surface area contributed by atoms with Gasteiger partial charge in [-0.05, 0) is 57.1 Å². The first kappa shape index (κ1) is 17.5. The molecule has 0 unspecified atom stereocenters. The van der Waals surface area contributed by atoms with Crippen molar-refractivity contribution in [1.29, 1.82) is 0 Å². The predicted molar refractivity (Wildman–Crippen MR) is 88.2 cm³/mol. The summed E-state index contributed by atoms with van der Waals surface area (Å²) in [4.78, 5) is 39.9. The molecule has 0 aliphatic carbocycles. The molecule has 134 valence electrons. The summed E-state index contributed by atoms with van der Waals surface area (Å²) in [6.07, 6.45) is 1.35. The lowest BCUT2D eigenvalue weighted by molar-refractivity contribution is -0.149. The molecule has 0 radical (unpaired) electrons. The second kappa shape index (κ2) is 7.31. The summed E-state index contributed by atoms with van der Waals surface area (Å²) >= 11 is 0. The Morgan fingerprint density at radius 1 is 1.20 bits per heavy atom. The summed E-state index contributed by atoms with van der Waals surface area (Å²) in [7, 11) is 0. The highest BCUT2D eigenvalue weighted by molar-refractivity contribution is 6.22. The number of nitrogens with zero attached hydrogens (tertiary/aromatic N) is 2. The monoisotopic (exact) mass is 348 g/mol. The maximum absolute atomic E-state index is 13.1. The molecule has 0 saturated carbocycles. The summed E-state index contributed by atoms with van der Waals surface area (Å²) in [5.41, 5.74) is 0.389. The van der Waals surface area contributed by atoms with Gasteiger partial charge in [-0.2, -0.15) is 0 Å². The third-order valence-electron chi connectivity index (χ3n) is 4.80. The summed E-state index contributed by atoms with van der Waals surface area (Å²) in [5.74, 6) is -1.32. The average Bonchev–Trinajstić information content (AvgIpc) is 2.91. The molecule has 2 aliphatic heterocycles. The van der Waals surface area contributed by atoms with Crippen LogP contribution >= 0.6 is 0 Å². The Hall–Kier alpha value is -2.28.